The van der Waals surface area contributed by atoms with Crippen molar-refractivity contribution >= 4 is 27.9 Å². The molecule has 2 aliphatic heterocycles. The molecule has 7 nitrogen and oxygen atoms in total. The summed E-state index contributed by atoms with van der Waals surface area (Å²) in [7, 11) is 0. The first-order valence-electron chi connectivity index (χ1n) is 7.50. The fraction of sp³-hybridized carbons (Fsp3) is 0.643. The van der Waals surface area contributed by atoms with Gasteiger partial charge in [-0.25, -0.2) is 0 Å². The van der Waals surface area contributed by atoms with Crippen LogP contribution in [0, 0.1) is 16.0 Å². The van der Waals surface area contributed by atoms with Crippen molar-refractivity contribution in [3.8, 4) is 0 Å². The van der Waals surface area contributed by atoms with Crippen LogP contribution in [0.4, 0.5) is 10.7 Å². The van der Waals surface area contributed by atoms with Crippen LogP contribution in [0.5, 0.6) is 0 Å². The minimum Gasteiger partial charge on any atom is -0.378 e. The summed E-state index contributed by atoms with van der Waals surface area (Å²) in [4.78, 5) is 27.2. The first-order valence-corrected chi connectivity index (χ1v) is 8.38. The average Bonchev–Trinajstić information content (AvgIpc) is 3.05. The van der Waals surface area contributed by atoms with E-state index < -0.39 is 0 Å². The maximum absolute atomic E-state index is 12.6. The van der Waals surface area contributed by atoms with Crippen molar-refractivity contribution in [3.63, 3.8) is 0 Å². The number of carbonyl (C=O) groups excluding carboxylic acids is 1. The molecule has 2 aliphatic rings. The summed E-state index contributed by atoms with van der Waals surface area (Å²) in [5.41, 5.74) is 0.648. The van der Waals surface area contributed by atoms with Gasteiger partial charge < -0.3 is 14.5 Å². The van der Waals surface area contributed by atoms with E-state index in [1.807, 2.05) is 9.80 Å². The molecular weight excluding hydrogens is 306 g/mol. The van der Waals surface area contributed by atoms with Crippen LogP contribution >= 0.6 is 11.3 Å². The zero-order valence-corrected chi connectivity index (χ0v) is 13.1. The molecule has 3 heterocycles. The summed E-state index contributed by atoms with van der Waals surface area (Å²) >= 11 is 1.14. The summed E-state index contributed by atoms with van der Waals surface area (Å²) in [6.45, 7) is 3.82. The number of nitro groups is 1. The van der Waals surface area contributed by atoms with Crippen molar-refractivity contribution in [1.29, 1.82) is 0 Å². The van der Waals surface area contributed by atoms with Gasteiger partial charge in [-0.2, -0.15) is 0 Å². The van der Waals surface area contributed by atoms with Crippen LogP contribution in [-0.2, 0) is 9.53 Å². The lowest BCUT2D eigenvalue weighted by Crippen LogP contribution is -2.48. The van der Waals surface area contributed by atoms with Crippen LogP contribution in [-0.4, -0.2) is 55.1 Å². The molecule has 2 fully saturated rings. The van der Waals surface area contributed by atoms with Crippen LogP contribution in [0.2, 0.25) is 0 Å². The number of piperidine rings is 1. The number of carbonyl (C=O) groups is 1. The minimum absolute atomic E-state index is 0.0774. The highest BCUT2D eigenvalue weighted by molar-refractivity contribution is 7.14. The molecule has 1 aromatic rings. The maximum atomic E-state index is 12.6. The van der Waals surface area contributed by atoms with Crippen molar-refractivity contribution in [2.75, 3.05) is 44.3 Å². The van der Waals surface area contributed by atoms with Crippen molar-refractivity contribution in [2.45, 2.75) is 12.8 Å². The lowest BCUT2D eigenvalue weighted by Gasteiger charge is -2.36. The van der Waals surface area contributed by atoms with Gasteiger partial charge in [-0.15, -0.1) is 0 Å². The van der Waals surface area contributed by atoms with E-state index in [2.05, 4.69) is 0 Å². The van der Waals surface area contributed by atoms with Gasteiger partial charge >= 0.3 is 5.00 Å². The molecule has 2 saturated heterocycles. The largest absolute Gasteiger partial charge is 0.378 e. The first-order chi connectivity index (χ1) is 10.7. The van der Waals surface area contributed by atoms with Gasteiger partial charge in [-0.1, -0.05) is 11.3 Å². The van der Waals surface area contributed by atoms with Gasteiger partial charge in [0.2, 0.25) is 5.91 Å². The van der Waals surface area contributed by atoms with Gasteiger partial charge in [0.15, 0.2) is 0 Å². The van der Waals surface area contributed by atoms with Crippen LogP contribution in [0.1, 0.15) is 12.8 Å². The molecule has 0 spiro atoms. The second-order valence-corrected chi connectivity index (χ2v) is 6.49. The number of ether oxygens (including phenoxy) is 1. The predicted molar refractivity (Wildman–Crippen MR) is 83.3 cm³/mol. The minimum atomic E-state index is -0.340. The van der Waals surface area contributed by atoms with Gasteiger partial charge in [0, 0.05) is 26.2 Å². The highest BCUT2D eigenvalue weighted by Crippen LogP contribution is 2.36. The molecule has 0 unspecified atom stereocenters. The zero-order valence-electron chi connectivity index (χ0n) is 12.3. The Kier molecular flexibility index (Phi) is 4.58. The van der Waals surface area contributed by atoms with Gasteiger partial charge in [-0.3, -0.25) is 14.9 Å². The third kappa shape index (κ3) is 3.07. The Balaban J connectivity index is 1.69. The highest BCUT2D eigenvalue weighted by atomic mass is 32.1. The molecule has 0 bridgehead atoms. The molecule has 8 heteroatoms. The second kappa shape index (κ2) is 6.62. The Labute approximate surface area is 132 Å². The van der Waals surface area contributed by atoms with Gasteiger partial charge in [0.05, 0.1) is 24.1 Å². The summed E-state index contributed by atoms with van der Waals surface area (Å²) in [5, 5.41) is 13.0. The van der Waals surface area contributed by atoms with Crippen LogP contribution in [0.25, 0.3) is 0 Å². The highest BCUT2D eigenvalue weighted by Gasteiger charge is 2.32. The number of hydrogen-bond acceptors (Lipinski definition) is 6. The molecule has 0 aliphatic carbocycles. The number of nitrogens with zero attached hydrogens (tertiary/aromatic N) is 3. The molecule has 3 rings (SSSR count). The monoisotopic (exact) mass is 325 g/mol. The quantitative estimate of drug-likeness (QED) is 0.625. The third-order valence-corrected chi connectivity index (χ3v) is 5.08. The number of morpholine rings is 1. The van der Waals surface area contributed by atoms with E-state index in [0.29, 0.717) is 38.5 Å². The van der Waals surface area contributed by atoms with E-state index in [1.54, 1.807) is 11.4 Å². The van der Waals surface area contributed by atoms with E-state index in [0.717, 1.165) is 30.7 Å². The van der Waals surface area contributed by atoms with Gasteiger partial charge in [0.25, 0.3) is 0 Å². The lowest BCUT2D eigenvalue weighted by atomic mass is 9.96. The Morgan fingerprint density at radius 2 is 2.14 bits per heavy atom. The van der Waals surface area contributed by atoms with Crippen molar-refractivity contribution in [3.05, 3.63) is 21.6 Å². The topological polar surface area (TPSA) is 75.9 Å². The van der Waals surface area contributed by atoms with Crippen LogP contribution < -0.4 is 4.90 Å². The molecule has 0 radical (unpaired) electrons. The van der Waals surface area contributed by atoms with E-state index >= 15 is 0 Å². The van der Waals surface area contributed by atoms with Gasteiger partial charge in [-0.05, 0) is 24.3 Å². The first kappa shape index (κ1) is 15.2. The molecule has 1 amide bonds. The number of thiophene rings is 1. The second-order valence-electron chi connectivity index (χ2n) is 5.59. The fourth-order valence-corrected chi connectivity index (χ4v) is 3.84. The standard InChI is InChI=1S/C14H19N3O4S/c18-13(15-5-7-21-8-6-15)11-2-1-4-16(10-11)12-3-9-22-14(12)17(19)20/h3,9,11H,1-2,4-8,10H2/t11-/m1/s1. The SMILES string of the molecule is O=C([C@@H]1CCCN(c2ccsc2[N+](=O)[O-])C1)N1CCOCC1. The lowest BCUT2D eigenvalue weighted by molar-refractivity contribution is -0.379. The summed E-state index contributed by atoms with van der Waals surface area (Å²) in [5.74, 6) is 0.0808. The van der Waals surface area contributed by atoms with E-state index in [9.17, 15) is 14.9 Å². The molecule has 120 valence electrons. The molecule has 1 aromatic heterocycles. The third-order valence-electron chi connectivity index (χ3n) is 4.22. The maximum Gasteiger partial charge on any atom is 0.347 e. The van der Waals surface area contributed by atoms with Gasteiger partial charge in [0.1, 0.15) is 5.69 Å². The number of rotatable bonds is 3. The van der Waals surface area contributed by atoms with Crippen molar-refractivity contribution in [1.82, 2.24) is 4.90 Å². The summed E-state index contributed by atoms with van der Waals surface area (Å²) in [6, 6.07) is 1.78. The molecule has 1 atom stereocenters. The fourth-order valence-electron chi connectivity index (χ4n) is 3.11. The number of amides is 1. The Bertz CT molecular complexity index is 556. The average molecular weight is 325 g/mol. The van der Waals surface area contributed by atoms with Crippen molar-refractivity contribution < 1.29 is 14.5 Å². The Hall–Kier alpha value is -1.67. The summed E-state index contributed by atoms with van der Waals surface area (Å²) < 4.78 is 5.28. The smallest absolute Gasteiger partial charge is 0.347 e. The molecule has 0 N–H and O–H groups in total. The molecule has 22 heavy (non-hydrogen) atoms. The molecular formula is C14H19N3O4S. The predicted octanol–water partition coefficient (Wildman–Crippen LogP) is 1.73. The normalized spacial score (nSPS) is 22.6. The van der Waals surface area contributed by atoms with E-state index in [4.69, 9.17) is 4.74 Å². The summed E-state index contributed by atoms with van der Waals surface area (Å²) in [6.07, 6.45) is 1.73. The van der Waals surface area contributed by atoms with Crippen LogP contribution in [0.3, 0.4) is 0 Å². The number of hydrogen-bond donors (Lipinski definition) is 0. The zero-order chi connectivity index (χ0) is 15.5. The van der Waals surface area contributed by atoms with Crippen LogP contribution in [0.15, 0.2) is 11.4 Å². The molecule has 0 aromatic carbocycles. The number of anilines is 1. The van der Waals surface area contributed by atoms with E-state index in [1.165, 1.54) is 0 Å². The Morgan fingerprint density at radius 3 is 2.86 bits per heavy atom. The van der Waals surface area contributed by atoms with Crippen molar-refractivity contribution in [2.24, 2.45) is 5.92 Å². The Morgan fingerprint density at radius 1 is 1.36 bits per heavy atom. The molecule has 0 saturated carbocycles. The van der Waals surface area contributed by atoms with E-state index in [-0.39, 0.29) is 21.7 Å².